The normalized spacial score (nSPS) is 9.30. The van der Waals surface area contributed by atoms with Gasteiger partial charge in [0.05, 0.1) is 5.69 Å². The zero-order chi connectivity index (χ0) is 7.40. The van der Waals surface area contributed by atoms with Crippen LogP contribution in [-0.2, 0) is 4.79 Å². The Balaban J connectivity index is 2.48. The van der Waals surface area contributed by atoms with Crippen LogP contribution in [0.1, 0.15) is 13.3 Å². The third kappa shape index (κ3) is 1.84. The van der Waals surface area contributed by atoms with Crippen molar-refractivity contribution in [3.05, 3.63) is 16.8 Å². The number of amides is 1. The van der Waals surface area contributed by atoms with Crippen LogP contribution in [0.2, 0.25) is 0 Å². The number of rotatable bonds is 2. The molecule has 0 fully saturated rings. The van der Waals surface area contributed by atoms with Crippen molar-refractivity contribution in [3.63, 3.8) is 0 Å². The molecule has 0 aliphatic carbocycles. The molecule has 53 valence electrons. The minimum atomic E-state index is -0.0570. The minimum Gasteiger partial charge on any atom is -0.273 e. The smallest absolute Gasteiger partial charge is 0.245 e. The Kier molecular flexibility index (Phi) is 2.45. The molecule has 0 atom stereocenters. The highest BCUT2D eigenvalue weighted by Gasteiger charge is 1.99. The number of thiophene rings is 1. The Morgan fingerprint density at radius 3 is 3.10 bits per heavy atom. The molecule has 1 aromatic rings. The van der Waals surface area contributed by atoms with Gasteiger partial charge in [-0.3, -0.25) is 4.79 Å². The van der Waals surface area contributed by atoms with E-state index in [1.165, 1.54) is 0 Å². The second-order valence-corrected chi connectivity index (χ2v) is 2.62. The van der Waals surface area contributed by atoms with Crippen molar-refractivity contribution in [1.29, 1.82) is 0 Å². The molecule has 0 spiro atoms. The average molecular weight is 154 g/mol. The Morgan fingerprint density at radius 2 is 2.60 bits per heavy atom. The van der Waals surface area contributed by atoms with Crippen molar-refractivity contribution in [3.8, 4) is 0 Å². The fraction of sp³-hybridized carbons (Fsp3) is 0.286. The van der Waals surface area contributed by atoms with E-state index in [0.29, 0.717) is 6.42 Å². The molecule has 0 bridgehead atoms. The van der Waals surface area contributed by atoms with Crippen molar-refractivity contribution in [2.24, 2.45) is 0 Å². The van der Waals surface area contributed by atoms with Gasteiger partial charge in [0.1, 0.15) is 0 Å². The van der Waals surface area contributed by atoms with Gasteiger partial charge in [-0.25, -0.2) is 5.32 Å². The van der Waals surface area contributed by atoms with Crippen LogP contribution in [0.15, 0.2) is 16.8 Å². The minimum absolute atomic E-state index is 0.0570. The van der Waals surface area contributed by atoms with Crippen molar-refractivity contribution < 1.29 is 4.79 Å². The van der Waals surface area contributed by atoms with E-state index < -0.39 is 0 Å². The Bertz CT molecular complexity index is 205. The number of hydrogen-bond donors (Lipinski definition) is 0. The highest BCUT2D eigenvalue weighted by molar-refractivity contribution is 7.08. The van der Waals surface area contributed by atoms with Crippen LogP contribution in [0.5, 0.6) is 0 Å². The summed E-state index contributed by atoms with van der Waals surface area (Å²) in [6.45, 7) is 1.80. The van der Waals surface area contributed by atoms with Crippen LogP contribution in [0.25, 0.3) is 0 Å². The summed E-state index contributed by atoms with van der Waals surface area (Å²) >= 11 is 1.55. The Morgan fingerprint density at radius 1 is 1.80 bits per heavy atom. The molecule has 1 radical (unpaired) electrons. The van der Waals surface area contributed by atoms with Gasteiger partial charge >= 0.3 is 0 Å². The molecule has 10 heavy (non-hydrogen) atoms. The third-order valence-corrected chi connectivity index (χ3v) is 1.73. The van der Waals surface area contributed by atoms with E-state index in [2.05, 4.69) is 5.32 Å². The molecular formula is C7H8NOS. The molecule has 1 heterocycles. The van der Waals surface area contributed by atoms with E-state index in [0.717, 1.165) is 5.69 Å². The largest absolute Gasteiger partial charge is 0.273 e. The monoisotopic (exact) mass is 154 g/mol. The van der Waals surface area contributed by atoms with Gasteiger partial charge in [0.25, 0.3) is 0 Å². The van der Waals surface area contributed by atoms with Crippen LogP contribution in [0.4, 0.5) is 5.69 Å². The summed E-state index contributed by atoms with van der Waals surface area (Å²) in [6.07, 6.45) is 0.482. The van der Waals surface area contributed by atoms with Gasteiger partial charge in [-0.2, -0.15) is 11.3 Å². The summed E-state index contributed by atoms with van der Waals surface area (Å²) < 4.78 is 0. The molecule has 0 N–H and O–H groups in total. The van der Waals surface area contributed by atoms with Crippen molar-refractivity contribution in [2.75, 3.05) is 0 Å². The van der Waals surface area contributed by atoms with Crippen molar-refractivity contribution in [1.82, 2.24) is 5.32 Å². The van der Waals surface area contributed by atoms with E-state index >= 15 is 0 Å². The number of carbonyl (C=O) groups is 1. The summed E-state index contributed by atoms with van der Waals surface area (Å²) in [5, 5.41) is 7.57. The highest BCUT2D eigenvalue weighted by atomic mass is 32.1. The standard InChI is InChI=1S/C7H8NOS/c1-2-7(9)8-6-3-4-10-5-6/h3-5H,2H2,1H3. The molecular weight excluding hydrogens is 146 g/mol. The van der Waals surface area contributed by atoms with Gasteiger partial charge in [-0.05, 0) is 11.4 Å². The lowest BCUT2D eigenvalue weighted by atomic mass is 10.4. The van der Waals surface area contributed by atoms with Crippen LogP contribution in [0.3, 0.4) is 0 Å². The molecule has 1 aromatic heterocycles. The van der Waals surface area contributed by atoms with Gasteiger partial charge in [-0.15, -0.1) is 0 Å². The number of carbonyl (C=O) groups excluding carboxylic acids is 1. The second-order valence-electron chi connectivity index (χ2n) is 1.84. The summed E-state index contributed by atoms with van der Waals surface area (Å²) in [5.74, 6) is -0.0570. The molecule has 0 saturated heterocycles. The average Bonchev–Trinajstić information content (AvgIpc) is 2.40. The molecule has 0 aliphatic heterocycles. The van der Waals surface area contributed by atoms with Gasteiger partial charge in [-0.1, -0.05) is 6.92 Å². The number of nitrogens with zero attached hydrogens (tertiary/aromatic N) is 1. The Hall–Kier alpha value is -0.830. The summed E-state index contributed by atoms with van der Waals surface area (Å²) in [4.78, 5) is 10.7. The number of hydrogen-bond acceptors (Lipinski definition) is 2. The highest BCUT2D eigenvalue weighted by Crippen LogP contribution is 2.11. The lowest BCUT2D eigenvalue weighted by Crippen LogP contribution is -2.06. The topological polar surface area (TPSA) is 31.2 Å². The lowest BCUT2D eigenvalue weighted by molar-refractivity contribution is -0.119. The Labute approximate surface area is 63.9 Å². The lowest BCUT2D eigenvalue weighted by Gasteiger charge is -1.92. The molecule has 0 aliphatic rings. The predicted molar refractivity (Wildman–Crippen MR) is 41.4 cm³/mol. The zero-order valence-electron chi connectivity index (χ0n) is 5.70. The first-order chi connectivity index (χ1) is 4.83. The quantitative estimate of drug-likeness (QED) is 0.640. The third-order valence-electron chi connectivity index (χ3n) is 1.06. The predicted octanol–water partition coefficient (Wildman–Crippen LogP) is 1.92. The second kappa shape index (κ2) is 3.37. The first kappa shape index (κ1) is 7.28. The van der Waals surface area contributed by atoms with Crippen LogP contribution in [0, 0.1) is 0 Å². The van der Waals surface area contributed by atoms with Crippen LogP contribution < -0.4 is 5.32 Å². The van der Waals surface area contributed by atoms with E-state index in [4.69, 9.17) is 0 Å². The fourth-order valence-electron chi connectivity index (χ4n) is 0.544. The molecule has 1 rings (SSSR count). The SMILES string of the molecule is CCC(=O)[N]c1ccsc1. The first-order valence-electron chi connectivity index (χ1n) is 3.09. The summed E-state index contributed by atoms with van der Waals surface area (Å²) in [6, 6.07) is 1.83. The van der Waals surface area contributed by atoms with Gasteiger partial charge in [0, 0.05) is 11.8 Å². The van der Waals surface area contributed by atoms with Crippen molar-refractivity contribution >= 4 is 22.9 Å². The molecule has 2 nitrogen and oxygen atoms in total. The van der Waals surface area contributed by atoms with E-state index in [1.54, 1.807) is 18.3 Å². The zero-order valence-corrected chi connectivity index (χ0v) is 6.52. The maximum Gasteiger partial charge on any atom is 0.245 e. The van der Waals surface area contributed by atoms with Crippen molar-refractivity contribution in [2.45, 2.75) is 13.3 Å². The van der Waals surface area contributed by atoms with E-state index in [9.17, 15) is 4.79 Å². The van der Waals surface area contributed by atoms with Crippen LogP contribution >= 0.6 is 11.3 Å². The summed E-state index contributed by atoms with van der Waals surface area (Å²) in [7, 11) is 0. The summed E-state index contributed by atoms with van der Waals surface area (Å²) in [5.41, 5.74) is 0.775. The molecule has 0 unspecified atom stereocenters. The first-order valence-corrected chi connectivity index (χ1v) is 4.04. The van der Waals surface area contributed by atoms with E-state index in [-0.39, 0.29) is 5.91 Å². The maximum absolute atomic E-state index is 10.7. The fourth-order valence-corrected chi connectivity index (χ4v) is 1.11. The van der Waals surface area contributed by atoms with E-state index in [1.807, 2.05) is 16.8 Å². The molecule has 1 amide bonds. The van der Waals surface area contributed by atoms with Gasteiger partial charge in [0.2, 0.25) is 5.91 Å². The van der Waals surface area contributed by atoms with Gasteiger partial charge < -0.3 is 0 Å². The maximum atomic E-state index is 10.7. The molecule has 0 aromatic carbocycles. The van der Waals surface area contributed by atoms with Crippen LogP contribution in [-0.4, -0.2) is 5.91 Å². The molecule has 3 heteroatoms. The van der Waals surface area contributed by atoms with Gasteiger partial charge in [0.15, 0.2) is 0 Å². The molecule has 0 saturated carbocycles.